The molecule has 0 radical (unpaired) electrons. The highest BCUT2D eigenvalue weighted by Crippen LogP contribution is 2.29. The SMILES string of the molecule is CCc1ccc(OCc2cccc3ccnn23)c([N+](=O)[O-])c1. The van der Waals surface area contributed by atoms with Gasteiger partial charge in [0.1, 0.15) is 6.61 Å². The molecule has 6 heteroatoms. The van der Waals surface area contributed by atoms with Crippen LogP contribution in [0.3, 0.4) is 0 Å². The molecule has 2 aromatic heterocycles. The summed E-state index contributed by atoms with van der Waals surface area (Å²) in [7, 11) is 0. The number of ether oxygens (including phenoxy) is 1. The van der Waals surface area contributed by atoms with Crippen molar-refractivity contribution in [3.8, 4) is 5.75 Å². The minimum absolute atomic E-state index is 0.00742. The third-order valence-electron chi connectivity index (χ3n) is 3.50. The molecule has 0 saturated carbocycles. The topological polar surface area (TPSA) is 69.7 Å². The van der Waals surface area contributed by atoms with Gasteiger partial charge in [-0.2, -0.15) is 5.10 Å². The zero-order chi connectivity index (χ0) is 15.5. The van der Waals surface area contributed by atoms with E-state index in [0.717, 1.165) is 23.2 Å². The predicted molar refractivity (Wildman–Crippen MR) is 82.0 cm³/mol. The van der Waals surface area contributed by atoms with Crippen molar-refractivity contribution in [3.63, 3.8) is 0 Å². The molecule has 0 aliphatic rings. The molecule has 1 aromatic carbocycles. The average Bonchev–Trinajstić information content (AvgIpc) is 3.01. The summed E-state index contributed by atoms with van der Waals surface area (Å²) in [6.45, 7) is 2.17. The smallest absolute Gasteiger partial charge is 0.311 e. The highest BCUT2D eigenvalue weighted by molar-refractivity contribution is 5.49. The Balaban J connectivity index is 1.87. The first-order chi connectivity index (χ1) is 10.7. The Morgan fingerprint density at radius 3 is 2.91 bits per heavy atom. The van der Waals surface area contributed by atoms with Gasteiger partial charge in [0, 0.05) is 12.3 Å². The van der Waals surface area contributed by atoms with Crippen molar-refractivity contribution < 1.29 is 9.66 Å². The van der Waals surface area contributed by atoms with Crippen LogP contribution in [0.5, 0.6) is 5.75 Å². The van der Waals surface area contributed by atoms with Gasteiger partial charge in [0.25, 0.3) is 0 Å². The molecule has 6 nitrogen and oxygen atoms in total. The van der Waals surface area contributed by atoms with E-state index in [1.165, 1.54) is 0 Å². The zero-order valence-electron chi connectivity index (χ0n) is 12.1. The van der Waals surface area contributed by atoms with Gasteiger partial charge < -0.3 is 4.74 Å². The zero-order valence-corrected chi connectivity index (χ0v) is 12.1. The second kappa shape index (κ2) is 5.85. The van der Waals surface area contributed by atoms with Gasteiger partial charge >= 0.3 is 5.69 Å². The van der Waals surface area contributed by atoms with E-state index in [4.69, 9.17) is 4.74 Å². The number of benzene rings is 1. The first kappa shape index (κ1) is 14.1. The van der Waals surface area contributed by atoms with E-state index < -0.39 is 4.92 Å². The van der Waals surface area contributed by atoms with Crippen molar-refractivity contribution in [2.75, 3.05) is 0 Å². The number of rotatable bonds is 5. The van der Waals surface area contributed by atoms with Crippen molar-refractivity contribution in [2.24, 2.45) is 0 Å². The number of nitro benzene ring substituents is 1. The first-order valence-corrected chi connectivity index (χ1v) is 7.01. The second-order valence-corrected chi connectivity index (χ2v) is 4.89. The summed E-state index contributed by atoms with van der Waals surface area (Å²) in [4.78, 5) is 10.8. The van der Waals surface area contributed by atoms with Crippen molar-refractivity contribution >= 4 is 11.2 Å². The van der Waals surface area contributed by atoms with Crippen LogP contribution in [0.4, 0.5) is 5.69 Å². The van der Waals surface area contributed by atoms with Gasteiger partial charge in [-0.1, -0.05) is 19.1 Å². The number of hydrogen-bond acceptors (Lipinski definition) is 4. The largest absolute Gasteiger partial charge is 0.480 e. The van der Waals surface area contributed by atoms with E-state index >= 15 is 0 Å². The molecule has 112 valence electrons. The Morgan fingerprint density at radius 1 is 1.27 bits per heavy atom. The van der Waals surface area contributed by atoms with Crippen LogP contribution in [0, 0.1) is 10.1 Å². The molecule has 0 amide bonds. The predicted octanol–water partition coefficient (Wildman–Crippen LogP) is 3.38. The Bertz CT molecular complexity index is 826. The van der Waals surface area contributed by atoms with Crippen molar-refractivity contribution in [1.29, 1.82) is 0 Å². The van der Waals surface area contributed by atoms with Crippen LogP contribution in [0.15, 0.2) is 48.7 Å². The molecule has 3 aromatic rings. The summed E-state index contributed by atoms with van der Waals surface area (Å²) in [5.41, 5.74) is 2.69. The molecule has 0 bridgehead atoms. The van der Waals surface area contributed by atoms with E-state index in [0.29, 0.717) is 0 Å². The summed E-state index contributed by atoms with van der Waals surface area (Å²) in [6.07, 6.45) is 2.45. The summed E-state index contributed by atoms with van der Waals surface area (Å²) in [5, 5.41) is 15.4. The third-order valence-corrected chi connectivity index (χ3v) is 3.50. The maximum absolute atomic E-state index is 11.2. The van der Waals surface area contributed by atoms with Gasteiger partial charge in [-0.3, -0.25) is 10.1 Å². The number of aryl methyl sites for hydroxylation is 1. The Morgan fingerprint density at radius 2 is 2.14 bits per heavy atom. The number of hydrogen-bond donors (Lipinski definition) is 0. The fourth-order valence-corrected chi connectivity index (χ4v) is 2.32. The molecule has 0 aliphatic carbocycles. The van der Waals surface area contributed by atoms with E-state index in [2.05, 4.69) is 5.10 Å². The van der Waals surface area contributed by atoms with Gasteiger partial charge in [-0.15, -0.1) is 0 Å². The van der Waals surface area contributed by atoms with Crippen LogP contribution in [0.2, 0.25) is 0 Å². The van der Waals surface area contributed by atoms with Gasteiger partial charge in [-0.25, -0.2) is 4.52 Å². The molecule has 2 heterocycles. The molecular weight excluding hydrogens is 282 g/mol. The van der Waals surface area contributed by atoms with Crippen molar-refractivity contribution in [3.05, 3.63) is 70.0 Å². The Kier molecular flexibility index (Phi) is 3.74. The monoisotopic (exact) mass is 297 g/mol. The van der Waals surface area contributed by atoms with Gasteiger partial charge in [0.15, 0.2) is 5.75 Å². The van der Waals surface area contributed by atoms with Gasteiger partial charge in [0.05, 0.1) is 16.1 Å². The van der Waals surface area contributed by atoms with E-state index in [1.807, 2.05) is 37.3 Å². The van der Waals surface area contributed by atoms with E-state index in [9.17, 15) is 10.1 Å². The summed E-state index contributed by atoms with van der Waals surface area (Å²) < 4.78 is 7.42. The minimum Gasteiger partial charge on any atom is -0.480 e. The molecule has 0 saturated heterocycles. The van der Waals surface area contributed by atoms with Crippen LogP contribution in [0.1, 0.15) is 18.2 Å². The highest BCUT2D eigenvalue weighted by atomic mass is 16.6. The lowest BCUT2D eigenvalue weighted by Gasteiger charge is -2.09. The lowest BCUT2D eigenvalue weighted by Crippen LogP contribution is -2.04. The minimum atomic E-state index is -0.414. The van der Waals surface area contributed by atoms with E-state index in [-0.39, 0.29) is 18.0 Å². The first-order valence-electron chi connectivity index (χ1n) is 7.01. The van der Waals surface area contributed by atoms with Crippen LogP contribution < -0.4 is 4.74 Å². The van der Waals surface area contributed by atoms with Crippen LogP contribution in [-0.4, -0.2) is 14.5 Å². The number of aromatic nitrogens is 2. The average molecular weight is 297 g/mol. The number of nitrogens with zero attached hydrogens (tertiary/aromatic N) is 3. The van der Waals surface area contributed by atoms with E-state index in [1.54, 1.807) is 22.8 Å². The second-order valence-electron chi connectivity index (χ2n) is 4.89. The fraction of sp³-hybridized carbons (Fsp3) is 0.188. The van der Waals surface area contributed by atoms with Gasteiger partial charge in [-0.05, 0) is 36.2 Å². The Labute approximate surface area is 127 Å². The lowest BCUT2D eigenvalue weighted by molar-refractivity contribution is -0.386. The lowest BCUT2D eigenvalue weighted by atomic mass is 10.1. The maximum atomic E-state index is 11.2. The van der Waals surface area contributed by atoms with Crippen LogP contribution >= 0.6 is 0 Å². The van der Waals surface area contributed by atoms with Crippen molar-refractivity contribution in [2.45, 2.75) is 20.0 Å². The molecule has 0 atom stereocenters. The van der Waals surface area contributed by atoms with Gasteiger partial charge in [0.2, 0.25) is 0 Å². The molecule has 3 rings (SSSR count). The fourth-order valence-electron chi connectivity index (χ4n) is 2.32. The number of fused-ring (bicyclic) bond motifs is 1. The standard InChI is InChI=1S/C16H15N3O3/c1-2-12-6-7-16(15(10-12)19(20)21)22-11-14-5-3-4-13-8-9-17-18(13)14/h3-10H,2,11H2,1H3. The molecule has 22 heavy (non-hydrogen) atoms. The van der Waals surface area contributed by atoms with Crippen LogP contribution in [-0.2, 0) is 13.0 Å². The number of nitro groups is 1. The van der Waals surface area contributed by atoms with Crippen LogP contribution in [0.25, 0.3) is 5.52 Å². The summed E-state index contributed by atoms with van der Waals surface area (Å²) in [6, 6.07) is 12.7. The molecule has 0 fully saturated rings. The number of pyridine rings is 1. The Hall–Kier alpha value is -2.89. The van der Waals surface area contributed by atoms with Crippen molar-refractivity contribution in [1.82, 2.24) is 9.61 Å². The molecule has 0 spiro atoms. The maximum Gasteiger partial charge on any atom is 0.311 e. The molecular formula is C16H15N3O3. The molecule has 0 N–H and O–H groups in total. The normalized spacial score (nSPS) is 10.8. The highest BCUT2D eigenvalue weighted by Gasteiger charge is 2.16. The molecule has 0 aliphatic heterocycles. The molecule has 0 unspecified atom stereocenters. The summed E-state index contributed by atoms with van der Waals surface area (Å²) >= 11 is 0. The summed E-state index contributed by atoms with van der Waals surface area (Å²) in [5.74, 6) is 0.270. The quantitative estimate of drug-likeness (QED) is 0.534. The third kappa shape index (κ3) is 2.63.